The van der Waals surface area contributed by atoms with E-state index in [9.17, 15) is 4.79 Å². The Kier molecular flexibility index (Phi) is 6.97. The van der Waals surface area contributed by atoms with Gasteiger partial charge in [0.05, 0.1) is 0 Å². The zero-order valence-electron chi connectivity index (χ0n) is 18.6. The molecule has 2 aromatic rings. The fourth-order valence-electron chi connectivity index (χ4n) is 3.90. The van der Waals surface area contributed by atoms with E-state index in [-0.39, 0.29) is 17.9 Å². The van der Waals surface area contributed by atoms with Gasteiger partial charge in [-0.15, -0.1) is 0 Å². The Morgan fingerprint density at radius 2 is 1.87 bits per heavy atom. The summed E-state index contributed by atoms with van der Waals surface area (Å²) in [4.78, 5) is 14.6. The Morgan fingerprint density at radius 3 is 2.50 bits per heavy atom. The minimum absolute atomic E-state index is 0.235. The van der Waals surface area contributed by atoms with Crippen LogP contribution in [0.3, 0.4) is 0 Å². The Hall–Kier alpha value is -2.20. The molecule has 5 heteroatoms. The van der Waals surface area contributed by atoms with Crippen molar-refractivity contribution in [1.29, 1.82) is 0 Å². The van der Waals surface area contributed by atoms with E-state index in [1.165, 1.54) is 11.1 Å². The van der Waals surface area contributed by atoms with Crippen LogP contribution in [0.4, 0.5) is 10.5 Å². The molecule has 30 heavy (non-hydrogen) atoms. The van der Waals surface area contributed by atoms with Gasteiger partial charge >= 0.3 is 6.09 Å². The highest BCUT2D eigenvalue weighted by Crippen LogP contribution is 2.35. The second-order valence-corrected chi connectivity index (χ2v) is 9.90. The van der Waals surface area contributed by atoms with Gasteiger partial charge in [-0.25, -0.2) is 4.79 Å². The molecule has 0 aliphatic carbocycles. The maximum Gasteiger partial charge on any atom is 0.410 e. The molecule has 1 saturated heterocycles. The lowest BCUT2D eigenvalue weighted by Crippen LogP contribution is -2.35. The van der Waals surface area contributed by atoms with Crippen LogP contribution in [-0.2, 0) is 4.74 Å². The monoisotopic (exact) mass is 428 g/mol. The normalized spacial score (nSPS) is 19.2. The quantitative estimate of drug-likeness (QED) is 0.588. The number of likely N-dealkylation sites (tertiary alicyclic amines) is 1. The number of benzene rings is 2. The van der Waals surface area contributed by atoms with Crippen molar-refractivity contribution < 1.29 is 9.53 Å². The van der Waals surface area contributed by atoms with Crippen LogP contribution < -0.4 is 5.32 Å². The lowest BCUT2D eigenvalue weighted by Gasteiger charge is -2.24. The number of amides is 1. The fourth-order valence-corrected chi connectivity index (χ4v) is 4.02. The van der Waals surface area contributed by atoms with Gasteiger partial charge in [-0.1, -0.05) is 49.7 Å². The summed E-state index contributed by atoms with van der Waals surface area (Å²) >= 11 is 6.00. The van der Waals surface area contributed by atoms with Gasteiger partial charge in [0.25, 0.3) is 0 Å². The van der Waals surface area contributed by atoms with Crippen molar-refractivity contribution in [2.45, 2.75) is 52.1 Å². The van der Waals surface area contributed by atoms with E-state index < -0.39 is 5.60 Å². The molecule has 0 bridgehead atoms. The molecular weight excluding hydrogens is 396 g/mol. The van der Waals surface area contributed by atoms with Crippen molar-refractivity contribution >= 4 is 23.4 Å². The lowest BCUT2D eigenvalue weighted by atomic mass is 9.87. The Bertz CT molecular complexity index is 858. The molecule has 1 heterocycles. The predicted molar refractivity (Wildman–Crippen MR) is 125 cm³/mol. The number of carbonyl (C=O) groups is 1. The van der Waals surface area contributed by atoms with Gasteiger partial charge in [-0.05, 0) is 62.1 Å². The molecule has 2 unspecified atom stereocenters. The molecule has 3 rings (SSSR count). The van der Waals surface area contributed by atoms with E-state index in [2.05, 4.69) is 43.4 Å². The van der Waals surface area contributed by atoms with Crippen molar-refractivity contribution in [3.05, 3.63) is 64.7 Å². The van der Waals surface area contributed by atoms with E-state index in [1.54, 1.807) is 0 Å². The van der Waals surface area contributed by atoms with Crippen molar-refractivity contribution in [1.82, 2.24) is 4.90 Å². The first-order chi connectivity index (χ1) is 14.1. The van der Waals surface area contributed by atoms with Crippen molar-refractivity contribution in [3.8, 4) is 0 Å². The average molecular weight is 429 g/mol. The van der Waals surface area contributed by atoms with E-state index >= 15 is 0 Å². The summed E-state index contributed by atoms with van der Waals surface area (Å²) in [6.07, 6.45) is -0.235. The Morgan fingerprint density at radius 1 is 1.17 bits per heavy atom. The highest BCUT2D eigenvalue weighted by atomic mass is 35.5. The summed E-state index contributed by atoms with van der Waals surface area (Å²) in [5, 5.41) is 4.24. The molecule has 0 spiro atoms. The molecule has 1 aliphatic rings. The van der Waals surface area contributed by atoms with Crippen LogP contribution in [0.1, 0.15) is 57.6 Å². The lowest BCUT2D eigenvalue weighted by molar-refractivity contribution is 0.0287. The zero-order valence-corrected chi connectivity index (χ0v) is 19.4. The predicted octanol–water partition coefficient (Wildman–Crippen LogP) is 6.53. The molecule has 162 valence electrons. The van der Waals surface area contributed by atoms with Crippen LogP contribution in [0.25, 0.3) is 0 Å². The second-order valence-electron chi connectivity index (χ2n) is 9.46. The molecule has 1 aliphatic heterocycles. The summed E-state index contributed by atoms with van der Waals surface area (Å²) in [7, 11) is 0. The topological polar surface area (TPSA) is 41.6 Å². The van der Waals surface area contributed by atoms with Gasteiger partial charge in [0.2, 0.25) is 0 Å². The number of nitrogens with one attached hydrogen (secondary N) is 1. The number of ether oxygens (including phenoxy) is 1. The van der Waals surface area contributed by atoms with Gasteiger partial charge in [0.1, 0.15) is 5.60 Å². The smallest absolute Gasteiger partial charge is 0.410 e. The molecule has 4 nitrogen and oxygen atoms in total. The third kappa shape index (κ3) is 5.91. The number of rotatable bonds is 5. The molecule has 2 aromatic carbocycles. The number of anilines is 1. The summed E-state index contributed by atoms with van der Waals surface area (Å²) < 4.78 is 5.64. The number of hydrogen-bond acceptors (Lipinski definition) is 3. The minimum Gasteiger partial charge on any atom is -0.444 e. The first kappa shape index (κ1) is 22.5. The number of nitrogens with zero attached hydrogens (tertiary/aromatic N) is 1. The van der Waals surface area contributed by atoms with E-state index in [0.717, 1.165) is 17.3 Å². The molecule has 0 radical (unpaired) electrons. The molecular formula is C25H33ClN2O2. The summed E-state index contributed by atoms with van der Waals surface area (Å²) in [5.74, 6) is 1.02. The zero-order chi connectivity index (χ0) is 21.9. The number of hydrogen-bond donors (Lipinski definition) is 1. The highest BCUT2D eigenvalue weighted by molar-refractivity contribution is 6.30. The Labute approximate surface area is 185 Å². The average Bonchev–Trinajstić information content (AvgIpc) is 3.11. The Balaban J connectivity index is 1.79. The van der Waals surface area contributed by atoms with Crippen LogP contribution in [-0.4, -0.2) is 36.2 Å². The van der Waals surface area contributed by atoms with Crippen LogP contribution in [0.5, 0.6) is 0 Å². The first-order valence-electron chi connectivity index (χ1n) is 10.7. The summed E-state index contributed by atoms with van der Waals surface area (Å²) in [6.45, 7) is 12.3. The second kappa shape index (κ2) is 9.30. The van der Waals surface area contributed by atoms with Crippen LogP contribution >= 0.6 is 11.6 Å². The van der Waals surface area contributed by atoms with E-state index in [1.807, 2.05) is 49.9 Å². The molecule has 1 N–H and O–H groups in total. The molecule has 2 atom stereocenters. The maximum atomic E-state index is 12.7. The molecule has 1 amide bonds. The van der Waals surface area contributed by atoms with Crippen LogP contribution in [0, 0.1) is 5.92 Å². The van der Waals surface area contributed by atoms with Crippen LogP contribution in [0.15, 0.2) is 48.5 Å². The SMILES string of the molecule is CC(C)c1cccc(C2CN(C(=O)OC(C)(C)C)CC2CNc2ccc(Cl)cc2)c1. The standard InChI is InChI=1S/C25H33ClN2O2/c1-17(2)18-7-6-8-19(13-18)23-16-28(24(29)30-25(3,4)5)15-20(23)14-27-22-11-9-21(26)10-12-22/h6-13,17,20,23,27H,14-16H2,1-5H3. The van der Waals surface area contributed by atoms with Gasteiger partial charge in [-0.2, -0.15) is 0 Å². The van der Waals surface area contributed by atoms with E-state index in [4.69, 9.17) is 16.3 Å². The van der Waals surface area contributed by atoms with Crippen molar-refractivity contribution in [2.75, 3.05) is 25.0 Å². The van der Waals surface area contributed by atoms with Crippen LogP contribution in [0.2, 0.25) is 5.02 Å². The van der Waals surface area contributed by atoms with Gasteiger partial charge in [0, 0.05) is 42.2 Å². The van der Waals surface area contributed by atoms with Gasteiger partial charge in [-0.3, -0.25) is 0 Å². The summed E-state index contributed by atoms with van der Waals surface area (Å²) in [6, 6.07) is 16.5. The first-order valence-corrected chi connectivity index (χ1v) is 11.1. The minimum atomic E-state index is -0.496. The van der Waals surface area contributed by atoms with Crippen molar-refractivity contribution in [2.24, 2.45) is 5.92 Å². The third-order valence-electron chi connectivity index (χ3n) is 5.51. The molecule has 0 aromatic heterocycles. The van der Waals surface area contributed by atoms with E-state index in [0.29, 0.717) is 19.0 Å². The molecule has 1 fully saturated rings. The largest absolute Gasteiger partial charge is 0.444 e. The van der Waals surface area contributed by atoms with Crippen molar-refractivity contribution in [3.63, 3.8) is 0 Å². The van der Waals surface area contributed by atoms with Gasteiger partial charge < -0.3 is 15.0 Å². The fraction of sp³-hybridized carbons (Fsp3) is 0.480. The molecule has 0 saturated carbocycles. The number of halogens is 1. The number of carbonyl (C=O) groups excluding carboxylic acids is 1. The maximum absolute atomic E-state index is 12.7. The van der Waals surface area contributed by atoms with Gasteiger partial charge in [0.15, 0.2) is 0 Å². The third-order valence-corrected chi connectivity index (χ3v) is 5.76. The highest BCUT2D eigenvalue weighted by Gasteiger charge is 2.38. The summed E-state index contributed by atoms with van der Waals surface area (Å²) in [5.41, 5.74) is 3.15.